The van der Waals surface area contributed by atoms with E-state index >= 15 is 0 Å². The van der Waals surface area contributed by atoms with E-state index in [-0.39, 0.29) is 5.54 Å². The van der Waals surface area contributed by atoms with Gasteiger partial charge >= 0.3 is 0 Å². The van der Waals surface area contributed by atoms with Gasteiger partial charge in [0.15, 0.2) is 12.4 Å². The van der Waals surface area contributed by atoms with Gasteiger partial charge in [0.05, 0.1) is 11.1 Å². The van der Waals surface area contributed by atoms with E-state index in [1.54, 1.807) is 11.8 Å². The summed E-state index contributed by atoms with van der Waals surface area (Å²) in [5.41, 5.74) is 1.55. The van der Waals surface area contributed by atoms with Gasteiger partial charge in [0, 0.05) is 15.8 Å². The quantitative estimate of drug-likeness (QED) is 0.785. The third-order valence-electron chi connectivity index (χ3n) is 2.83. The van der Waals surface area contributed by atoms with Crippen molar-refractivity contribution in [3.05, 3.63) is 33.8 Å². The maximum atomic E-state index is 11.1. The fourth-order valence-corrected chi connectivity index (χ4v) is 3.41. The van der Waals surface area contributed by atoms with Crippen LogP contribution in [0.5, 0.6) is 0 Å². The van der Waals surface area contributed by atoms with Gasteiger partial charge in [-0.25, -0.2) is 4.99 Å². The highest BCUT2D eigenvalue weighted by Gasteiger charge is 2.32. The first kappa shape index (κ1) is 14.6. The second-order valence-corrected chi connectivity index (χ2v) is 6.76. The summed E-state index contributed by atoms with van der Waals surface area (Å²) in [4.78, 5) is 15.8. The Morgan fingerprint density at radius 3 is 2.89 bits per heavy atom. The summed E-state index contributed by atoms with van der Waals surface area (Å²) in [7, 11) is 0. The van der Waals surface area contributed by atoms with Crippen LogP contribution in [-0.2, 0) is 9.53 Å². The average Bonchev–Trinajstić information content (AvgIpc) is 2.68. The Morgan fingerprint density at radius 2 is 2.26 bits per heavy atom. The predicted molar refractivity (Wildman–Crippen MR) is 83.0 cm³/mol. The molecule has 0 N–H and O–H groups in total. The van der Waals surface area contributed by atoms with Crippen molar-refractivity contribution < 1.29 is 9.53 Å². The largest absolute Gasteiger partial charge is 0.461 e. The van der Waals surface area contributed by atoms with Crippen LogP contribution in [0.25, 0.3) is 0 Å². The standard InChI is InChI=1S/C14H16BrNO2S/c1-14(2,8-19-3)16-13-12-9(11(7-17)18-13)5-4-6-10(12)15/h4-7,11H,8H2,1-3H3. The molecule has 0 fully saturated rings. The van der Waals surface area contributed by atoms with Gasteiger partial charge in [0.1, 0.15) is 0 Å². The number of aldehydes is 1. The van der Waals surface area contributed by atoms with E-state index < -0.39 is 6.10 Å². The second kappa shape index (κ2) is 5.67. The number of carbonyl (C=O) groups excluding carboxylic acids is 1. The first-order chi connectivity index (χ1) is 8.98. The SMILES string of the molecule is CSCC(C)(C)N=C1OC(C=O)c2cccc(Br)c21. The van der Waals surface area contributed by atoms with Crippen molar-refractivity contribution in [2.45, 2.75) is 25.5 Å². The molecule has 0 saturated carbocycles. The molecule has 1 aromatic rings. The van der Waals surface area contributed by atoms with E-state index in [9.17, 15) is 4.79 Å². The molecule has 0 aromatic heterocycles. The molecule has 1 aliphatic rings. The van der Waals surface area contributed by atoms with E-state index in [0.29, 0.717) is 5.90 Å². The Morgan fingerprint density at radius 1 is 1.53 bits per heavy atom. The summed E-state index contributed by atoms with van der Waals surface area (Å²) in [6, 6.07) is 5.74. The van der Waals surface area contributed by atoms with Gasteiger partial charge in [-0.15, -0.1) is 0 Å². The number of hydrogen-bond donors (Lipinski definition) is 0. The molecule has 0 amide bonds. The number of halogens is 1. The Labute approximate surface area is 126 Å². The zero-order valence-electron chi connectivity index (χ0n) is 11.1. The number of fused-ring (bicyclic) bond motifs is 1. The van der Waals surface area contributed by atoms with Crippen LogP contribution in [0.1, 0.15) is 31.1 Å². The van der Waals surface area contributed by atoms with Crippen molar-refractivity contribution in [2.24, 2.45) is 4.99 Å². The smallest absolute Gasteiger partial charge is 0.219 e. The van der Waals surface area contributed by atoms with Crippen molar-refractivity contribution in [1.82, 2.24) is 0 Å². The molecule has 0 radical (unpaired) electrons. The lowest BCUT2D eigenvalue weighted by Gasteiger charge is -2.19. The van der Waals surface area contributed by atoms with Gasteiger partial charge in [-0.1, -0.05) is 12.1 Å². The summed E-state index contributed by atoms with van der Waals surface area (Å²) < 4.78 is 6.60. The number of hydrogen-bond acceptors (Lipinski definition) is 4. The Hall–Kier alpha value is -0.810. The highest BCUT2D eigenvalue weighted by Crippen LogP contribution is 2.35. The molecule has 5 heteroatoms. The fraction of sp³-hybridized carbons (Fsp3) is 0.429. The molecule has 3 nitrogen and oxygen atoms in total. The van der Waals surface area contributed by atoms with Gasteiger partial charge in [0.25, 0.3) is 0 Å². The summed E-state index contributed by atoms with van der Waals surface area (Å²) in [6.07, 6.45) is 2.32. The van der Waals surface area contributed by atoms with Gasteiger partial charge in [-0.2, -0.15) is 11.8 Å². The maximum Gasteiger partial charge on any atom is 0.219 e. The van der Waals surface area contributed by atoms with Crippen LogP contribution in [0.15, 0.2) is 27.7 Å². The maximum absolute atomic E-state index is 11.1. The molecule has 2 rings (SSSR count). The van der Waals surface area contributed by atoms with Crippen molar-refractivity contribution in [2.75, 3.05) is 12.0 Å². The molecule has 0 bridgehead atoms. The number of carbonyl (C=O) groups is 1. The molecule has 19 heavy (non-hydrogen) atoms. The first-order valence-electron chi connectivity index (χ1n) is 5.98. The van der Waals surface area contributed by atoms with Crippen LogP contribution in [-0.4, -0.2) is 29.7 Å². The van der Waals surface area contributed by atoms with Crippen LogP contribution in [0.3, 0.4) is 0 Å². The second-order valence-electron chi connectivity index (χ2n) is 5.04. The zero-order valence-corrected chi connectivity index (χ0v) is 13.5. The molecule has 0 spiro atoms. The summed E-state index contributed by atoms with van der Waals surface area (Å²) in [6.45, 7) is 4.12. The highest BCUT2D eigenvalue weighted by molar-refractivity contribution is 9.10. The topological polar surface area (TPSA) is 38.7 Å². The molecule has 0 aliphatic carbocycles. The summed E-state index contributed by atoms with van der Waals surface area (Å²) in [5.74, 6) is 1.45. The molecule has 1 heterocycles. The van der Waals surface area contributed by atoms with Gasteiger partial charge in [-0.3, -0.25) is 4.79 Å². The van der Waals surface area contributed by atoms with E-state index in [1.807, 2.05) is 18.2 Å². The number of thioether (sulfide) groups is 1. The van der Waals surface area contributed by atoms with Gasteiger partial charge in [0.2, 0.25) is 5.90 Å². The van der Waals surface area contributed by atoms with Crippen molar-refractivity contribution in [1.29, 1.82) is 0 Å². The monoisotopic (exact) mass is 341 g/mol. The van der Waals surface area contributed by atoms with Crippen LogP contribution < -0.4 is 0 Å². The molecular weight excluding hydrogens is 326 g/mol. The first-order valence-corrected chi connectivity index (χ1v) is 8.17. The summed E-state index contributed by atoms with van der Waals surface area (Å²) in [5, 5.41) is 0. The predicted octanol–water partition coefficient (Wildman–Crippen LogP) is 3.61. The minimum atomic E-state index is -0.545. The molecule has 1 unspecified atom stereocenters. The van der Waals surface area contributed by atoms with E-state index in [0.717, 1.165) is 27.6 Å². The lowest BCUT2D eigenvalue weighted by molar-refractivity contribution is -0.114. The average molecular weight is 342 g/mol. The van der Waals surface area contributed by atoms with Crippen LogP contribution in [0.4, 0.5) is 0 Å². The molecule has 102 valence electrons. The number of benzene rings is 1. The van der Waals surface area contributed by atoms with E-state index in [4.69, 9.17) is 4.74 Å². The third kappa shape index (κ3) is 3.03. The molecule has 1 atom stereocenters. The molecule has 1 aromatic carbocycles. The number of rotatable bonds is 4. The Balaban J connectivity index is 2.47. The molecule has 1 aliphatic heterocycles. The number of ether oxygens (including phenoxy) is 1. The number of nitrogens with zero attached hydrogens (tertiary/aromatic N) is 1. The Bertz CT molecular complexity index is 528. The lowest BCUT2D eigenvalue weighted by atomic mass is 10.1. The summed E-state index contributed by atoms with van der Waals surface area (Å²) >= 11 is 5.25. The fourth-order valence-electron chi connectivity index (χ4n) is 2.09. The minimum Gasteiger partial charge on any atom is -0.461 e. The zero-order chi connectivity index (χ0) is 14.0. The Kier molecular flexibility index (Phi) is 4.36. The van der Waals surface area contributed by atoms with Crippen LogP contribution in [0.2, 0.25) is 0 Å². The van der Waals surface area contributed by atoms with Crippen LogP contribution in [0, 0.1) is 0 Å². The third-order valence-corrected chi connectivity index (χ3v) is 4.49. The highest BCUT2D eigenvalue weighted by atomic mass is 79.9. The van der Waals surface area contributed by atoms with Gasteiger partial charge < -0.3 is 4.74 Å². The minimum absolute atomic E-state index is 0.223. The van der Waals surface area contributed by atoms with Gasteiger partial charge in [-0.05, 0) is 42.1 Å². The van der Waals surface area contributed by atoms with Crippen molar-refractivity contribution in [3.8, 4) is 0 Å². The molecule has 0 saturated heterocycles. The van der Waals surface area contributed by atoms with Crippen molar-refractivity contribution >= 4 is 39.9 Å². The molecular formula is C14H16BrNO2S. The van der Waals surface area contributed by atoms with E-state index in [1.165, 1.54) is 0 Å². The lowest BCUT2D eigenvalue weighted by Crippen LogP contribution is -2.23. The normalized spacial score (nSPS) is 20.2. The number of aliphatic imine (C=N–C) groups is 1. The van der Waals surface area contributed by atoms with E-state index in [2.05, 4.69) is 41.0 Å². The van der Waals surface area contributed by atoms with Crippen LogP contribution >= 0.6 is 27.7 Å². The van der Waals surface area contributed by atoms with Crippen molar-refractivity contribution in [3.63, 3.8) is 0 Å².